The van der Waals surface area contributed by atoms with Gasteiger partial charge >= 0.3 is 11.9 Å². The normalized spacial score (nSPS) is 30.1. The zero-order valence-corrected chi connectivity index (χ0v) is 8.72. The molecule has 0 aromatic carbocycles. The van der Waals surface area contributed by atoms with Crippen molar-refractivity contribution in [3.05, 3.63) is 12.2 Å². The third-order valence-corrected chi connectivity index (χ3v) is 2.89. The molecular weight excluding hydrogens is 196 g/mol. The molecule has 0 amide bonds. The fraction of sp³-hybridized carbons (Fsp3) is 0.636. The van der Waals surface area contributed by atoms with Crippen molar-refractivity contribution in [1.82, 2.24) is 0 Å². The van der Waals surface area contributed by atoms with E-state index in [0.29, 0.717) is 6.42 Å². The van der Waals surface area contributed by atoms with Crippen LogP contribution in [0.3, 0.4) is 0 Å². The van der Waals surface area contributed by atoms with Gasteiger partial charge in [0.2, 0.25) is 0 Å². The summed E-state index contributed by atoms with van der Waals surface area (Å²) in [5.74, 6) is -3.68. The molecule has 84 valence electrons. The molecule has 0 heterocycles. The van der Waals surface area contributed by atoms with Crippen LogP contribution in [-0.2, 0) is 9.59 Å². The van der Waals surface area contributed by atoms with Crippen molar-refractivity contribution in [1.29, 1.82) is 0 Å². The molecule has 1 aliphatic rings. The molecule has 15 heavy (non-hydrogen) atoms. The fourth-order valence-corrected chi connectivity index (χ4v) is 2.18. The van der Waals surface area contributed by atoms with Gasteiger partial charge in [0, 0.05) is 0 Å². The molecule has 4 heteroatoms. The van der Waals surface area contributed by atoms with Gasteiger partial charge in [-0.1, -0.05) is 25.5 Å². The average molecular weight is 212 g/mol. The number of carboxylic acid groups (broad SMARTS) is 2. The lowest BCUT2D eigenvalue weighted by atomic mass is 9.74. The van der Waals surface area contributed by atoms with E-state index < -0.39 is 23.8 Å². The Morgan fingerprint density at radius 2 is 2.00 bits per heavy atom. The van der Waals surface area contributed by atoms with E-state index in [4.69, 9.17) is 10.2 Å². The van der Waals surface area contributed by atoms with E-state index in [-0.39, 0.29) is 5.92 Å². The van der Waals surface area contributed by atoms with Crippen molar-refractivity contribution < 1.29 is 19.8 Å². The first-order valence-electron chi connectivity index (χ1n) is 5.20. The van der Waals surface area contributed by atoms with Gasteiger partial charge in [-0.15, -0.1) is 0 Å². The standard InChI is InChI=1S/C11H16O4/c1-2-4-7-5-3-6-8(10(12)13)9(7)11(14)15/h3,5,7-9H,2,4,6H2,1H3,(H,12,13)(H,14,15). The number of aliphatic carboxylic acids is 2. The smallest absolute Gasteiger partial charge is 0.307 e. The predicted molar refractivity (Wildman–Crippen MR) is 54.4 cm³/mol. The highest BCUT2D eigenvalue weighted by Crippen LogP contribution is 2.33. The van der Waals surface area contributed by atoms with Crippen LogP contribution in [0, 0.1) is 17.8 Å². The second-order valence-corrected chi connectivity index (χ2v) is 3.93. The summed E-state index contributed by atoms with van der Waals surface area (Å²) in [7, 11) is 0. The fourth-order valence-electron chi connectivity index (χ4n) is 2.18. The minimum absolute atomic E-state index is 0.137. The number of carbonyl (C=O) groups is 2. The highest BCUT2D eigenvalue weighted by atomic mass is 16.4. The van der Waals surface area contributed by atoms with E-state index in [1.807, 2.05) is 13.0 Å². The molecule has 0 aromatic rings. The lowest BCUT2D eigenvalue weighted by molar-refractivity contribution is -0.155. The summed E-state index contributed by atoms with van der Waals surface area (Å²) in [5, 5.41) is 18.0. The Bertz CT molecular complexity index is 282. The van der Waals surface area contributed by atoms with E-state index in [2.05, 4.69) is 0 Å². The Morgan fingerprint density at radius 1 is 1.33 bits per heavy atom. The Kier molecular flexibility index (Phi) is 3.88. The summed E-state index contributed by atoms with van der Waals surface area (Å²) in [6.45, 7) is 1.97. The first kappa shape index (κ1) is 11.8. The number of carboxylic acids is 2. The molecule has 0 spiro atoms. The molecule has 3 unspecified atom stereocenters. The van der Waals surface area contributed by atoms with Gasteiger partial charge in [-0.05, 0) is 18.8 Å². The number of rotatable bonds is 4. The molecule has 2 N–H and O–H groups in total. The van der Waals surface area contributed by atoms with Crippen LogP contribution in [0.2, 0.25) is 0 Å². The molecule has 3 atom stereocenters. The lowest BCUT2D eigenvalue weighted by Gasteiger charge is -2.29. The van der Waals surface area contributed by atoms with E-state index in [1.165, 1.54) is 0 Å². The summed E-state index contributed by atoms with van der Waals surface area (Å²) < 4.78 is 0. The van der Waals surface area contributed by atoms with Gasteiger partial charge in [0.15, 0.2) is 0 Å². The minimum Gasteiger partial charge on any atom is -0.481 e. The number of hydrogen-bond acceptors (Lipinski definition) is 2. The van der Waals surface area contributed by atoms with Gasteiger partial charge in [-0.3, -0.25) is 9.59 Å². The van der Waals surface area contributed by atoms with Crippen molar-refractivity contribution in [3.63, 3.8) is 0 Å². The molecule has 0 aliphatic heterocycles. The van der Waals surface area contributed by atoms with Crippen LogP contribution >= 0.6 is 0 Å². The molecule has 0 saturated carbocycles. The van der Waals surface area contributed by atoms with E-state index >= 15 is 0 Å². The summed E-state index contributed by atoms with van der Waals surface area (Å²) in [5.41, 5.74) is 0. The Balaban J connectivity index is 2.88. The largest absolute Gasteiger partial charge is 0.481 e. The minimum atomic E-state index is -1.01. The zero-order valence-electron chi connectivity index (χ0n) is 8.72. The SMILES string of the molecule is CCCC1C=CCC(C(=O)O)C1C(=O)O. The molecule has 1 rings (SSSR count). The van der Waals surface area contributed by atoms with E-state index in [1.54, 1.807) is 6.08 Å². The Labute approximate surface area is 88.6 Å². The first-order chi connectivity index (χ1) is 7.07. The number of hydrogen-bond donors (Lipinski definition) is 2. The van der Waals surface area contributed by atoms with Crippen molar-refractivity contribution in [2.75, 3.05) is 0 Å². The maximum Gasteiger partial charge on any atom is 0.307 e. The van der Waals surface area contributed by atoms with Crippen LogP contribution in [-0.4, -0.2) is 22.2 Å². The van der Waals surface area contributed by atoms with Crippen LogP contribution < -0.4 is 0 Å². The van der Waals surface area contributed by atoms with Gasteiger partial charge in [-0.25, -0.2) is 0 Å². The third-order valence-electron chi connectivity index (χ3n) is 2.89. The zero-order chi connectivity index (χ0) is 11.4. The Morgan fingerprint density at radius 3 is 2.47 bits per heavy atom. The first-order valence-corrected chi connectivity index (χ1v) is 5.20. The topological polar surface area (TPSA) is 74.6 Å². The molecule has 0 radical (unpaired) electrons. The average Bonchev–Trinajstić information content (AvgIpc) is 2.17. The van der Waals surface area contributed by atoms with Crippen LogP contribution in [0.15, 0.2) is 12.2 Å². The summed E-state index contributed by atoms with van der Waals surface area (Å²) in [6, 6.07) is 0. The van der Waals surface area contributed by atoms with Crippen molar-refractivity contribution in [2.24, 2.45) is 17.8 Å². The van der Waals surface area contributed by atoms with Gasteiger partial charge in [-0.2, -0.15) is 0 Å². The monoisotopic (exact) mass is 212 g/mol. The highest BCUT2D eigenvalue weighted by molar-refractivity contribution is 5.81. The van der Waals surface area contributed by atoms with Crippen molar-refractivity contribution in [2.45, 2.75) is 26.2 Å². The van der Waals surface area contributed by atoms with Gasteiger partial charge in [0.25, 0.3) is 0 Å². The van der Waals surface area contributed by atoms with Gasteiger partial charge < -0.3 is 10.2 Å². The van der Waals surface area contributed by atoms with E-state index in [0.717, 1.165) is 12.8 Å². The predicted octanol–water partition coefficient (Wildman–Crippen LogP) is 1.76. The number of allylic oxidation sites excluding steroid dienone is 2. The van der Waals surface area contributed by atoms with Gasteiger partial charge in [0.05, 0.1) is 11.8 Å². The molecule has 1 aliphatic carbocycles. The second-order valence-electron chi connectivity index (χ2n) is 3.93. The molecule has 0 saturated heterocycles. The molecule has 0 fully saturated rings. The maximum absolute atomic E-state index is 11.1. The summed E-state index contributed by atoms with van der Waals surface area (Å²) in [6.07, 6.45) is 5.56. The highest BCUT2D eigenvalue weighted by Gasteiger charge is 2.39. The van der Waals surface area contributed by atoms with Crippen molar-refractivity contribution in [3.8, 4) is 0 Å². The van der Waals surface area contributed by atoms with Gasteiger partial charge in [0.1, 0.15) is 0 Å². The van der Waals surface area contributed by atoms with Crippen LogP contribution in [0.5, 0.6) is 0 Å². The van der Waals surface area contributed by atoms with Crippen molar-refractivity contribution >= 4 is 11.9 Å². The summed E-state index contributed by atoms with van der Waals surface area (Å²) in [4.78, 5) is 22.0. The second kappa shape index (κ2) is 4.96. The Hall–Kier alpha value is -1.32. The quantitative estimate of drug-likeness (QED) is 0.696. The molecule has 0 aromatic heterocycles. The maximum atomic E-state index is 11.1. The molecule has 4 nitrogen and oxygen atoms in total. The van der Waals surface area contributed by atoms with Crippen LogP contribution in [0.4, 0.5) is 0 Å². The molecule has 0 bridgehead atoms. The third kappa shape index (κ3) is 2.58. The van der Waals surface area contributed by atoms with E-state index in [9.17, 15) is 9.59 Å². The summed E-state index contributed by atoms with van der Waals surface area (Å²) >= 11 is 0. The lowest BCUT2D eigenvalue weighted by Crippen LogP contribution is -2.36. The van der Waals surface area contributed by atoms with Crippen LogP contribution in [0.1, 0.15) is 26.2 Å². The molecular formula is C11H16O4. The van der Waals surface area contributed by atoms with Crippen LogP contribution in [0.25, 0.3) is 0 Å².